The third-order valence-corrected chi connectivity index (χ3v) is 4.77. The number of nitrogens with zero attached hydrogens (tertiary/aromatic N) is 1. The Labute approximate surface area is 166 Å². The first-order valence-electron chi connectivity index (χ1n) is 8.09. The second kappa shape index (κ2) is 7.58. The lowest BCUT2D eigenvalue weighted by Crippen LogP contribution is -2.58. The zero-order valence-corrected chi connectivity index (χ0v) is 16.1. The molecular formula is C19H17Cl2N3O3. The van der Waals surface area contributed by atoms with Crippen molar-refractivity contribution < 1.29 is 14.3 Å². The van der Waals surface area contributed by atoms with Crippen molar-refractivity contribution >= 4 is 40.9 Å². The van der Waals surface area contributed by atoms with E-state index in [4.69, 9.17) is 27.9 Å². The van der Waals surface area contributed by atoms with E-state index in [-0.39, 0.29) is 5.84 Å². The Morgan fingerprint density at radius 2 is 1.93 bits per heavy atom. The molecule has 2 N–H and O–H groups in total. The van der Waals surface area contributed by atoms with Crippen LogP contribution in [0.4, 0.5) is 0 Å². The van der Waals surface area contributed by atoms with E-state index in [9.17, 15) is 9.59 Å². The first-order chi connectivity index (χ1) is 12.9. The molecule has 27 heavy (non-hydrogen) atoms. The Hall–Kier alpha value is -2.57. The normalized spacial score (nSPS) is 18.9. The topological polar surface area (TPSA) is 79.8 Å². The van der Waals surface area contributed by atoms with Crippen LogP contribution in [0.1, 0.15) is 21.5 Å². The van der Waals surface area contributed by atoms with Gasteiger partial charge >= 0.3 is 0 Å². The monoisotopic (exact) mass is 405 g/mol. The number of halogens is 2. The molecule has 0 unspecified atom stereocenters. The summed E-state index contributed by atoms with van der Waals surface area (Å²) >= 11 is 12.1. The van der Waals surface area contributed by atoms with Crippen LogP contribution in [0.3, 0.4) is 0 Å². The number of aryl methyl sites for hydroxylation is 1. The highest BCUT2D eigenvalue weighted by molar-refractivity contribution is 6.47. The molecule has 0 saturated carbocycles. The van der Waals surface area contributed by atoms with E-state index in [1.165, 1.54) is 7.11 Å². The minimum Gasteiger partial charge on any atom is -0.497 e. The van der Waals surface area contributed by atoms with E-state index >= 15 is 0 Å². The van der Waals surface area contributed by atoms with Crippen molar-refractivity contribution in [1.82, 2.24) is 10.6 Å². The van der Waals surface area contributed by atoms with E-state index in [0.717, 1.165) is 5.56 Å². The summed E-state index contributed by atoms with van der Waals surface area (Å²) < 4.78 is 5.18. The molecule has 0 radical (unpaired) electrons. The van der Waals surface area contributed by atoms with Gasteiger partial charge in [0, 0.05) is 11.1 Å². The number of carbonyl (C=O) groups is 2. The van der Waals surface area contributed by atoms with Crippen LogP contribution < -0.4 is 15.4 Å². The highest BCUT2D eigenvalue weighted by Gasteiger charge is 2.50. The lowest BCUT2D eigenvalue weighted by molar-refractivity contribution is -0.124. The summed E-state index contributed by atoms with van der Waals surface area (Å²) in [5.41, 5.74) is 0.143. The predicted octanol–water partition coefficient (Wildman–Crippen LogP) is 2.81. The molecule has 3 rings (SSSR count). The quantitative estimate of drug-likeness (QED) is 0.750. The Balaban J connectivity index is 1.95. The van der Waals surface area contributed by atoms with Crippen molar-refractivity contribution in [3.63, 3.8) is 0 Å². The number of benzene rings is 2. The molecule has 0 aromatic heterocycles. The number of hydrogen-bond donors (Lipinski definition) is 2. The van der Waals surface area contributed by atoms with Gasteiger partial charge in [-0.3, -0.25) is 9.59 Å². The van der Waals surface area contributed by atoms with Crippen LogP contribution in [0.25, 0.3) is 0 Å². The smallest absolute Gasteiger partial charge is 0.277 e. The fraction of sp³-hybridized carbons (Fsp3) is 0.211. The van der Waals surface area contributed by atoms with Crippen molar-refractivity contribution in [2.75, 3.05) is 7.11 Å². The van der Waals surface area contributed by atoms with E-state index in [1.807, 2.05) is 6.92 Å². The maximum absolute atomic E-state index is 12.7. The van der Waals surface area contributed by atoms with Crippen LogP contribution >= 0.6 is 23.2 Å². The molecule has 0 bridgehead atoms. The lowest BCUT2D eigenvalue weighted by atomic mass is 10.1. The zero-order valence-electron chi connectivity index (χ0n) is 14.6. The average Bonchev–Trinajstić information content (AvgIpc) is 3.00. The number of methoxy groups -OCH3 is 1. The summed E-state index contributed by atoms with van der Waals surface area (Å²) in [5.74, 6) is -0.281. The highest BCUT2D eigenvalue weighted by atomic mass is 35.5. The van der Waals surface area contributed by atoms with Crippen molar-refractivity contribution in [3.05, 3.63) is 65.2 Å². The summed E-state index contributed by atoms with van der Waals surface area (Å²) in [6.07, 6.45) is 0. The molecule has 0 fully saturated rings. The Morgan fingerprint density at radius 1 is 1.22 bits per heavy atom. The van der Waals surface area contributed by atoms with Gasteiger partial charge in [0.15, 0.2) is 4.84 Å². The number of carbonyl (C=O) groups excluding carboxylic acids is 2. The van der Waals surface area contributed by atoms with Crippen molar-refractivity contribution in [2.45, 2.75) is 17.4 Å². The number of hydrogen-bond acceptors (Lipinski definition) is 4. The molecule has 2 aromatic rings. The van der Waals surface area contributed by atoms with Crippen LogP contribution in [-0.4, -0.2) is 35.3 Å². The van der Waals surface area contributed by atoms with Crippen molar-refractivity contribution in [1.29, 1.82) is 0 Å². The minimum atomic E-state index is -1.83. The van der Waals surface area contributed by atoms with Crippen LogP contribution in [-0.2, 0) is 4.79 Å². The minimum absolute atomic E-state index is 0.245. The molecule has 0 saturated heterocycles. The number of amidine groups is 1. The molecule has 0 spiro atoms. The summed E-state index contributed by atoms with van der Waals surface area (Å²) in [5, 5.41) is 5.20. The number of alkyl halides is 2. The molecule has 1 aliphatic heterocycles. The standard InChI is InChI=1S/C19H17Cl2N3O3/c1-11-6-8-12(9-7-11)16(25)24-19(17(20)21)18(26)22-15(23-19)13-4-3-5-14(10-13)27-2/h3-10,17H,1-2H3,(H,24,25)(H,22,23,26)/t19-/m0/s1. The lowest BCUT2D eigenvalue weighted by Gasteiger charge is -2.25. The summed E-state index contributed by atoms with van der Waals surface area (Å²) in [6.45, 7) is 1.91. The molecule has 8 heteroatoms. The fourth-order valence-corrected chi connectivity index (χ4v) is 3.01. The van der Waals surface area contributed by atoms with E-state index < -0.39 is 22.3 Å². The van der Waals surface area contributed by atoms with Gasteiger partial charge in [0.25, 0.3) is 11.8 Å². The molecule has 6 nitrogen and oxygen atoms in total. The SMILES string of the molecule is COc1cccc(C2=N[C@](NC(=O)c3ccc(C)cc3)(C(Cl)Cl)C(=O)N2)c1. The number of aliphatic imine (C=N–C) groups is 1. The molecule has 1 aliphatic rings. The van der Waals surface area contributed by atoms with Gasteiger partial charge in [0.05, 0.1) is 7.11 Å². The molecule has 1 atom stereocenters. The number of amides is 2. The number of nitrogens with one attached hydrogen (secondary N) is 2. The van der Waals surface area contributed by atoms with Gasteiger partial charge in [-0.1, -0.05) is 53.0 Å². The van der Waals surface area contributed by atoms with E-state index in [2.05, 4.69) is 15.6 Å². The first kappa shape index (κ1) is 19.2. The zero-order chi connectivity index (χ0) is 19.6. The van der Waals surface area contributed by atoms with Crippen LogP contribution in [0.15, 0.2) is 53.5 Å². The van der Waals surface area contributed by atoms with Crippen LogP contribution in [0.5, 0.6) is 5.75 Å². The highest BCUT2D eigenvalue weighted by Crippen LogP contribution is 2.28. The number of rotatable bonds is 5. The molecule has 1 heterocycles. The third kappa shape index (κ3) is 3.77. The first-order valence-corrected chi connectivity index (χ1v) is 8.96. The van der Waals surface area contributed by atoms with Gasteiger partial charge in [-0.25, -0.2) is 4.99 Å². The largest absolute Gasteiger partial charge is 0.497 e. The van der Waals surface area contributed by atoms with Gasteiger partial charge in [0.1, 0.15) is 11.6 Å². The van der Waals surface area contributed by atoms with Crippen LogP contribution in [0, 0.1) is 6.92 Å². The van der Waals surface area contributed by atoms with Crippen molar-refractivity contribution in [2.24, 2.45) is 4.99 Å². The average molecular weight is 406 g/mol. The number of ether oxygens (including phenoxy) is 1. The van der Waals surface area contributed by atoms with E-state index in [1.54, 1.807) is 48.5 Å². The van der Waals surface area contributed by atoms with Gasteiger partial charge < -0.3 is 15.4 Å². The van der Waals surface area contributed by atoms with E-state index in [0.29, 0.717) is 16.9 Å². The summed E-state index contributed by atoms with van der Waals surface area (Å²) in [6, 6.07) is 13.8. The molecule has 2 aromatic carbocycles. The van der Waals surface area contributed by atoms with Crippen LogP contribution in [0.2, 0.25) is 0 Å². The maximum atomic E-state index is 12.7. The van der Waals surface area contributed by atoms with Gasteiger partial charge in [-0.05, 0) is 31.2 Å². The van der Waals surface area contributed by atoms with Crippen molar-refractivity contribution in [3.8, 4) is 5.75 Å². The predicted molar refractivity (Wildman–Crippen MR) is 105 cm³/mol. The maximum Gasteiger partial charge on any atom is 0.277 e. The Morgan fingerprint density at radius 3 is 2.56 bits per heavy atom. The summed E-state index contributed by atoms with van der Waals surface area (Å²) in [4.78, 5) is 28.3. The third-order valence-electron chi connectivity index (χ3n) is 4.14. The van der Waals surface area contributed by atoms with Gasteiger partial charge in [0.2, 0.25) is 5.66 Å². The molecule has 0 aliphatic carbocycles. The second-order valence-corrected chi connectivity index (χ2v) is 7.13. The Kier molecular flexibility index (Phi) is 5.39. The van der Waals surface area contributed by atoms with Gasteiger partial charge in [-0.2, -0.15) is 0 Å². The Bertz CT molecular complexity index is 913. The molecule has 140 valence electrons. The van der Waals surface area contributed by atoms with Gasteiger partial charge in [-0.15, -0.1) is 0 Å². The summed E-state index contributed by atoms with van der Waals surface area (Å²) in [7, 11) is 1.54. The molecule has 2 amide bonds. The fourth-order valence-electron chi connectivity index (χ4n) is 2.60. The second-order valence-electron chi connectivity index (χ2n) is 6.03. The molecular weight excluding hydrogens is 389 g/mol.